The lowest BCUT2D eigenvalue weighted by atomic mass is 9.97. The molecule has 0 radical (unpaired) electrons. The van der Waals surface area contributed by atoms with Crippen molar-refractivity contribution in [2.24, 2.45) is 0 Å². The number of nitrogens with zero attached hydrogens (tertiary/aromatic N) is 6. The highest BCUT2D eigenvalue weighted by Gasteiger charge is 2.37. The zero-order valence-electron chi connectivity index (χ0n) is 83.1. The minimum atomic E-state index is -4.42. The molecular weight excluding hydrogens is 1850 g/mol. The van der Waals surface area contributed by atoms with Gasteiger partial charge >= 0.3 is 6.18 Å². The summed E-state index contributed by atoms with van der Waals surface area (Å²) in [6, 6.07) is 75.3. The van der Waals surface area contributed by atoms with Gasteiger partial charge < -0.3 is 62.8 Å². The van der Waals surface area contributed by atoms with Gasteiger partial charge in [-0.05, 0) is 269 Å². The van der Waals surface area contributed by atoms with Gasteiger partial charge in [-0.15, -0.1) is 0 Å². The molecule has 27 heteroatoms. The molecule has 0 saturated carbocycles. The number of carbonyl (C=O) groups is 10. The Morgan fingerprint density at radius 2 is 0.667 bits per heavy atom. The van der Waals surface area contributed by atoms with Gasteiger partial charge in [-0.1, -0.05) is 169 Å². The molecule has 0 spiro atoms. The molecule has 5 aliphatic heterocycles. The van der Waals surface area contributed by atoms with Gasteiger partial charge in [0.25, 0.3) is 0 Å². The largest absolute Gasteiger partial charge is 0.416 e. The first-order valence-corrected chi connectivity index (χ1v) is 51.0. The van der Waals surface area contributed by atoms with Crippen LogP contribution in [0.1, 0.15) is 245 Å². The van der Waals surface area contributed by atoms with Crippen molar-refractivity contribution in [3.8, 4) is 0 Å². The van der Waals surface area contributed by atoms with E-state index < -0.39 is 11.7 Å². The Morgan fingerprint density at radius 1 is 0.340 bits per heavy atom. The minimum absolute atomic E-state index is 0.00464. The number of nitrogen functional groups attached to an aromatic ring is 5. The Kier molecular flexibility index (Phi) is 44.3. The molecule has 10 aromatic rings. The van der Waals surface area contributed by atoms with E-state index in [9.17, 15) is 65.5 Å². The number of hydrogen-bond acceptors (Lipinski definition) is 17. The third kappa shape index (κ3) is 36.9. The number of Topliss-reactive ketones (excluding diaryl/α,β-unsaturated/α-hetero) is 5. The fourth-order valence-electron chi connectivity index (χ4n) is 19.1. The van der Waals surface area contributed by atoms with E-state index in [2.05, 4.69) is 43.3 Å². The van der Waals surface area contributed by atoms with E-state index in [1.54, 1.807) is 34.1 Å². The van der Waals surface area contributed by atoms with Crippen LogP contribution in [-0.2, 0) is 111 Å². The van der Waals surface area contributed by atoms with Gasteiger partial charge in [0.15, 0.2) is 0 Å². The van der Waals surface area contributed by atoms with Crippen molar-refractivity contribution in [1.29, 1.82) is 0 Å². The molecule has 5 heterocycles. The van der Waals surface area contributed by atoms with Crippen LogP contribution in [0.25, 0.3) is 0 Å². The average Bonchev–Trinajstić information content (AvgIpc) is 1.62. The number of aryl methyl sites for hydroxylation is 5. The molecule has 10 aromatic carbocycles. The van der Waals surface area contributed by atoms with Crippen molar-refractivity contribution in [2.75, 3.05) is 82.1 Å². The highest BCUT2D eigenvalue weighted by molar-refractivity contribution is 6.31. The summed E-state index contributed by atoms with van der Waals surface area (Å²) < 4.78 is 58.4. The van der Waals surface area contributed by atoms with Gasteiger partial charge in [-0.3, -0.25) is 47.9 Å². The lowest BCUT2D eigenvalue weighted by Crippen LogP contribution is -2.38. The van der Waals surface area contributed by atoms with Crippen LogP contribution in [0, 0.1) is 5.82 Å². The maximum Gasteiger partial charge on any atom is 0.416 e. The van der Waals surface area contributed by atoms with E-state index in [0.29, 0.717) is 146 Å². The van der Waals surface area contributed by atoms with Crippen molar-refractivity contribution >= 4 is 98.5 Å². The lowest BCUT2D eigenvalue weighted by molar-refractivity contribution is -0.138. The fourth-order valence-corrected chi connectivity index (χ4v) is 19.3. The molecule has 15 rings (SSSR count). The number of nitrogens with two attached hydrogens (primary N) is 5. The number of ether oxygens (including phenoxy) is 1. The van der Waals surface area contributed by atoms with E-state index in [1.807, 2.05) is 185 Å². The van der Waals surface area contributed by atoms with E-state index >= 15 is 0 Å². The van der Waals surface area contributed by atoms with Crippen molar-refractivity contribution < 1.29 is 70.2 Å². The Hall–Kier alpha value is -13.2. The van der Waals surface area contributed by atoms with Crippen LogP contribution in [0.15, 0.2) is 249 Å². The number of rotatable bonds is 41. The Balaban J connectivity index is 0.000000172. The Morgan fingerprint density at radius 3 is 1.06 bits per heavy atom. The number of hydrogen-bond donors (Lipinski definition) is 5. The van der Waals surface area contributed by atoms with Crippen molar-refractivity contribution in [2.45, 2.75) is 249 Å². The smallest absolute Gasteiger partial charge is 0.399 e. The zero-order chi connectivity index (χ0) is 103. The van der Waals surface area contributed by atoms with E-state index in [1.165, 1.54) is 29.3 Å². The molecule has 5 aliphatic rings. The van der Waals surface area contributed by atoms with Crippen LogP contribution in [0.2, 0.25) is 5.02 Å². The molecule has 5 saturated heterocycles. The normalized spacial score (nSPS) is 16.4. The summed E-state index contributed by atoms with van der Waals surface area (Å²) in [4.78, 5) is 136. The monoisotopic (exact) mass is 1990 g/mol. The molecular formula is C117H140ClF4N11O11. The second kappa shape index (κ2) is 57.4. The number of likely N-dealkylation sites (tertiary alicyclic amines) is 5. The number of anilines is 5. The minimum Gasteiger partial charge on any atom is -0.399 e. The molecule has 5 amide bonds. The van der Waals surface area contributed by atoms with Gasteiger partial charge in [-0.25, -0.2) is 4.39 Å². The average molecular weight is 1990 g/mol. The predicted octanol–water partition coefficient (Wildman–Crippen LogP) is 21.2. The summed E-state index contributed by atoms with van der Waals surface area (Å²) in [6.07, 6.45) is 13.3. The second-order valence-electron chi connectivity index (χ2n) is 38.3. The SMILES string of the molecule is CN(C)Cc1ccccc1C1CCCN1C(=O)CCC(=O)CCc1ccc(N)cc1.Nc1ccc(CCC(=O)CCC(=O)N2CCCC2COCc2ccccc2)cc1.Nc1ccc(CCC(=O)CCC(=O)N2CCCC2Cc2ccccc2Cl)cc1.Nc1ccc(CCC(=O)CCC(=O)N2CCCC2c2cccc(C(F)(F)F)c2)cc1.Nc1ccc(CCC(=O)CCC(=O)N2CCCC2c2cccc(F)c2)cc1. The first-order chi connectivity index (χ1) is 69.3. The molecule has 764 valence electrons. The van der Waals surface area contributed by atoms with Gasteiger partial charge in [0, 0.05) is 175 Å². The number of ketones is 5. The number of halogens is 5. The van der Waals surface area contributed by atoms with Crippen LogP contribution in [0.3, 0.4) is 0 Å². The number of amides is 5. The van der Waals surface area contributed by atoms with E-state index in [-0.39, 0.29) is 127 Å². The van der Waals surface area contributed by atoms with Crippen molar-refractivity contribution in [1.82, 2.24) is 29.4 Å². The molecule has 0 bridgehead atoms. The maximum atomic E-state index is 13.5. The van der Waals surface area contributed by atoms with Crippen LogP contribution in [0.5, 0.6) is 0 Å². The maximum absolute atomic E-state index is 13.5. The third-order valence-electron chi connectivity index (χ3n) is 27.1. The molecule has 0 aromatic heterocycles. The fraction of sp³-hybridized carbons (Fsp3) is 0.402. The van der Waals surface area contributed by atoms with Crippen LogP contribution >= 0.6 is 11.6 Å². The number of benzene rings is 10. The summed E-state index contributed by atoms with van der Waals surface area (Å²) in [6.45, 7) is 5.44. The van der Waals surface area contributed by atoms with E-state index in [0.717, 1.165) is 169 Å². The highest BCUT2D eigenvalue weighted by Crippen LogP contribution is 2.40. The lowest BCUT2D eigenvalue weighted by Gasteiger charge is -2.27. The Labute approximate surface area is 850 Å². The molecule has 10 N–H and O–H groups in total. The quantitative estimate of drug-likeness (QED) is 0.0176. The van der Waals surface area contributed by atoms with Crippen LogP contribution < -0.4 is 28.7 Å². The summed E-state index contributed by atoms with van der Waals surface area (Å²) >= 11 is 6.27. The van der Waals surface area contributed by atoms with Gasteiger partial charge in [-0.2, -0.15) is 13.2 Å². The van der Waals surface area contributed by atoms with E-state index in [4.69, 9.17) is 45.0 Å². The Bertz CT molecular complexity index is 5820. The van der Waals surface area contributed by atoms with Crippen LogP contribution in [0.4, 0.5) is 46.0 Å². The van der Waals surface area contributed by atoms with Crippen molar-refractivity contribution in [3.63, 3.8) is 0 Å². The standard InChI is InChI=1S/C25H33N3O2.C24H30N2O3.C23H27ClN2O2.C23H25F3N2O2.C22H25FN2O2/c1-27(2)18-20-6-3-4-7-23(20)24-8-5-17-28(24)25(30)16-15-22(29)14-11-19-9-12-21(26)13-10-19;25-21-11-8-19(9-12-21)10-13-23(27)14-15-24(28)26-16-4-7-22(26)18-29-17-20-5-2-1-3-6-20;24-22-6-2-1-4-18(22)16-20-5-3-15-26(20)23(28)14-13-21(27)12-9-17-7-10-19(25)11-8-17;24-23(25,26)18-4-1-3-17(15-18)21-5-2-14-28(21)22(30)13-12-20(29)11-8-16-6-9-19(27)10-7-16;23-18-4-1-3-17(15-18)21-5-2-14-25(21)22(27)13-12-20(26)11-8-16-6-9-19(24)10-7-16/h3-4,6-7,9-10,12-13,24H,5,8,11,14-18,26H2,1-2H3;1-3,5-6,8-9,11-12,22H,4,7,10,13-18,25H2;1-2,4,6-8,10-11,20H,3,5,9,12-16,25H2;1,3-4,6-7,9-10,15,21H,2,5,8,11-14,27H2;1,3-4,6-7,9-10,15,21H,2,5,8,11-14,24H2. The summed E-state index contributed by atoms with van der Waals surface area (Å²) in [5, 5.41) is 0.750. The highest BCUT2D eigenvalue weighted by atomic mass is 35.5. The number of carbonyl (C=O) groups excluding carboxylic acids is 10. The molecule has 5 unspecified atom stereocenters. The summed E-state index contributed by atoms with van der Waals surface area (Å²) in [5.41, 5.74) is 42.6. The van der Waals surface area contributed by atoms with Gasteiger partial charge in [0.05, 0.1) is 42.9 Å². The van der Waals surface area contributed by atoms with Gasteiger partial charge in [0.1, 0.15) is 34.7 Å². The number of alkyl halides is 3. The van der Waals surface area contributed by atoms with Gasteiger partial charge in [0.2, 0.25) is 29.5 Å². The predicted molar refractivity (Wildman–Crippen MR) is 561 cm³/mol. The topological polar surface area (TPSA) is 329 Å². The van der Waals surface area contributed by atoms with Crippen molar-refractivity contribution in [3.05, 3.63) is 326 Å². The summed E-state index contributed by atoms with van der Waals surface area (Å²) in [7, 11) is 4.12. The third-order valence-corrected chi connectivity index (χ3v) is 27.5. The molecule has 0 aliphatic carbocycles. The van der Waals surface area contributed by atoms with Crippen LogP contribution in [-0.4, -0.2) is 153 Å². The molecule has 5 fully saturated rings. The molecule has 22 nitrogen and oxygen atoms in total. The molecule has 5 atom stereocenters. The second-order valence-corrected chi connectivity index (χ2v) is 38.7. The first-order valence-electron chi connectivity index (χ1n) is 50.6. The zero-order valence-corrected chi connectivity index (χ0v) is 83.8. The molecule has 144 heavy (non-hydrogen) atoms. The summed E-state index contributed by atoms with van der Waals surface area (Å²) in [5.74, 6) is 0.229. The first kappa shape index (κ1) is 111.